The lowest BCUT2D eigenvalue weighted by atomic mass is 9.89. The second-order valence-corrected chi connectivity index (χ2v) is 6.27. The maximum absolute atomic E-state index is 13.3. The lowest BCUT2D eigenvalue weighted by Crippen LogP contribution is -2.26. The lowest BCUT2D eigenvalue weighted by molar-refractivity contribution is -0.145. The van der Waals surface area contributed by atoms with Crippen molar-refractivity contribution in [1.82, 2.24) is 0 Å². The number of esters is 1. The van der Waals surface area contributed by atoms with Crippen LogP contribution in [-0.4, -0.2) is 32.6 Å². The molecule has 1 unspecified atom stereocenters. The summed E-state index contributed by atoms with van der Waals surface area (Å²) in [5.74, 6) is -1.20. The molecule has 0 N–H and O–H groups in total. The van der Waals surface area contributed by atoms with E-state index in [9.17, 15) is 9.59 Å². The summed E-state index contributed by atoms with van der Waals surface area (Å²) in [5, 5.41) is 0. The van der Waals surface area contributed by atoms with Gasteiger partial charge in [0.25, 0.3) is 0 Å². The summed E-state index contributed by atoms with van der Waals surface area (Å²) < 4.78 is 16.0. The first-order valence-corrected chi connectivity index (χ1v) is 8.46. The molecule has 2 aromatic carbocycles. The second kappa shape index (κ2) is 9.04. The monoisotopic (exact) mass is 356 g/mol. The van der Waals surface area contributed by atoms with E-state index in [1.807, 2.05) is 19.9 Å². The predicted molar refractivity (Wildman–Crippen MR) is 98.9 cm³/mol. The predicted octanol–water partition coefficient (Wildman–Crippen LogP) is 3.87. The molecule has 0 saturated carbocycles. The van der Waals surface area contributed by atoms with Gasteiger partial charge in [0.2, 0.25) is 0 Å². The Morgan fingerprint density at radius 3 is 1.96 bits per heavy atom. The molecular weight excluding hydrogens is 332 g/mol. The standard InChI is InChI=1S/C21H24O5/c1-14(2)13-26-21(23)18(15-9-6-5-7-10-15)20(22)19-16(24-3)11-8-12-17(19)25-4/h5-12,14,18H,13H2,1-4H3. The summed E-state index contributed by atoms with van der Waals surface area (Å²) in [4.78, 5) is 26.1. The molecule has 2 rings (SSSR count). The van der Waals surface area contributed by atoms with Crippen LogP contribution in [0.25, 0.3) is 0 Å². The van der Waals surface area contributed by atoms with Crippen LogP contribution in [0.4, 0.5) is 0 Å². The number of hydrogen-bond acceptors (Lipinski definition) is 5. The van der Waals surface area contributed by atoms with Crippen LogP contribution in [0, 0.1) is 5.92 Å². The first-order valence-electron chi connectivity index (χ1n) is 8.46. The number of ketones is 1. The van der Waals surface area contributed by atoms with Crippen molar-refractivity contribution in [2.75, 3.05) is 20.8 Å². The Hall–Kier alpha value is -2.82. The van der Waals surface area contributed by atoms with Crippen LogP contribution < -0.4 is 9.47 Å². The maximum atomic E-state index is 13.3. The molecule has 138 valence electrons. The Balaban J connectivity index is 2.49. The smallest absolute Gasteiger partial charge is 0.321 e. The van der Waals surface area contributed by atoms with Gasteiger partial charge in [0.1, 0.15) is 23.0 Å². The number of hydrogen-bond donors (Lipinski definition) is 0. The fourth-order valence-corrected chi connectivity index (χ4v) is 2.61. The van der Waals surface area contributed by atoms with Crippen molar-refractivity contribution in [2.45, 2.75) is 19.8 Å². The minimum absolute atomic E-state index is 0.172. The zero-order chi connectivity index (χ0) is 19.1. The largest absolute Gasteiger partial charge is 0.496 e. The van der Waals surface area contributed by atoms with Crippen LogP contribution >= 0.6 is 0 Å². The number of Topliss-reactive ketones (excluding diaryl/α,β-unsaturated/α-hetero) is 1. The van der Waals surface area contributed by atoms with Crippen molar-refractivity contribution in [2.24, 2.45) is 5.92 Å². The van der Waals surface area contributed by atoms with E-state index < -0.39 is 17.7 Å². The number of rotatable bonds is 8. The Morgan fingerprint density at radius 1 is 0.885 bits per heavy atom. The molecule has 5 heteroatoms. The van der Waals surface area contributed by atoms with Crippen LogP contribution in [-0.2, 0) is 9.53 Å². The molecule has 0 bridgehead atoms. The highest BCUT2D eigenvalue weighted by molar-refractivity contribution is 6.15. The summed E-state index contributed by atoms with van der Waals surface area (Å²) in [6, 6.07) is 13.9. The molecule has 0 heterocycles. The normalized spacial score (nSPS) is 11.7. The Kier molecular flexibility index (Phi) is 6.78. The highest BCUT2D eigenvalue weighted by Crippen LogP contribution is 2.34. The van der Waals surface area contributed by atoms with E-state index in [0.29, 0.717) is 17.1 Å². The molecule has 0 saturated heterocycles. The molecule has 26 heavy (non-hydrogen) atoms. The van der Waals surface area contributed by atoms with Gasteiger partial charge in [0.15, 0.2) is 5.78 Å². The average Bonchev–Trinajstić information content (AvgIpc) is 2.66. The Labute approximate surface area is 153 Å². The zero-order valence-electron chi connectivity index (χ0n) is 15.5. The van der Waals surface area contributed by atoms with Crippen LogP contribution in [0.15, 0.2) is 48.5 Å². The third-order valence-corrected chi connectivity index (χ3v) is 3.86. The summed E-state index contributed by atoms with van der Waals surface area (Å²) in [7, 11) is 2.94. The molecule has 0 aliphatic rings. The van der Waals surface area contributed by atoms with Gasteiger partial charge in [-0.05, 0) is 23.6 Å². The van der Waals surface area contributed by atoms with Gasteiger partial charge in [-0.15, -0.1) is 0 Å². The van der Waals surface area contributed by atoms with Gasteiger partial charge in [-0.25, -0.2) is 0 Å². The molecular formula is C21H24O5. The van der Waals surface area contributed by atoms with Gasteiger partial charge >= 0.3 is 5.97 Å². The van der Waals surface area contributed by atoms with Gasteiger partial charge in [0.05, 0.1) is 20.8 Å². The van der Waals surface area contributed by atoms with Crippen LogP contribution in [0.1, 0.15) is 35.7 Å². The topological polar surface area (TPSA) is 61.8 Å². The lowest BCUT2D eigenvalue weighted by Gasteiger charge is -2.19. The van der Waals surface area contributed by atoms with E-state index in [1.54, 1.807) is 42.5 Å². The number of carbonyl (C=O) groups excluding carboxylic acids is 2. The van der Waals surface area contributed by atoms with Gasteiger partial charge in [-0.1, -0.05) is 50.2 Å². The van der Waals surface area contributed by atoms with Crippen LogP contribution in [0.3, 0.4) is 0 Å². The van der Waals surface area contributed by atoms with E-state index in [-0.39, 0.29) is 18.1 Å². The molecule has 1 atom stereocenters. The van der Waals surface area contributed by atoms with Gasteiger partial charge in [-0.3, -0.25) is 9.59 Å². The van der Waals surface area contributed by atoms with Crippen molar-refractivity contribution in [3.8, 4) is 11.5 Å². The Morgan fingerprint density at radius 2 is 1.46 bits per heavy atom. The number of ether oxygens (including phenoxy) is 3. The summed E-state index contributed by atoms with van der Waals surface area (Å²) in [6.45, 7) is 4.13. The quantitative estimate of drug-likeness (QED) is 0.408. The van der Waals surface area contributed by atoms with Crippen LogP contribution in [0.5, 0.6) is 11.5 Å². The van der Waals surface area contributed by atoms with E-state index >= 15 is 0 Å². The molecule has 0 fully saturated rings. The second-order valence-electron chi connectivity index (χ2n) is 6.27. The van der Waals surface area contributed by atoms with E-state index in [4.69, 9.17) is 14.2 Å². The summed E-state index contributed by atoms with van der Waals surface area (Å²) in [6.07, 6.45) is 0. The fraction of sp³-hybridized carbons (Fsp3) is 0.333. The highest BCUT2D eigenvalue weighted by Gasteiger charge is 2.34. The summed E-state index contributed by atoms with van der Waals surface area (Å²) in [5.41, 5.74) is 0.798. The highest BCUT2D eigenvalue weighted by atomic mass is 16.5. The molecule has 0 aliphatic heterocycles. The van der Waals surface area contributed by atoms with Gasteiger partial charge in [-0.2, -0.15) is 0 Å². The Bertz CT molecular complexity index is 730. The van der Waals surface area contributed by atoms with Crippen molar-refractivity contribution in [3.63, 3.8) is 0 Å². The number of benzene rings is 2. The molecule has 0 spiro atoms. The molecule has 2 aromatic rings. The third kappa shape index (κ3) is 4.42. The fourth-order valence-electron chi connectivity index (χ4n) is 2.61. The van der Waals surface area contributed by atoms with E-state index in [1.165, 1.54) is 14.2 Å². The average molecular weight is 356 g/mol. The third-order valence-electron chi connectivity index (χ3n) is 3.86. The van der Waals surface area contributed by atoms with Gasteiger partial charge < -0.3 is 14.2 Å². The van der Waals surface area contributed by atoms with Crippen molar-refractivity contribution >= 4 is 11.8 Å². The first kappa shape index (κ1) is 19.5. The maximum Gasteiger partial charge on any atom is 0.321 e. The van der Waals surface area contributed by atoms with Crippen molar-refractivity contribution < 1.29 is 23.8 Å². The molecule has 0 radical (unpaired) electrons. The SMILES string of the molecule is COc1cccc(OC)c1C(=O)C(C(=O)OCC(C)C)c1ccccc1. The minimum Gasteiger partial charge on any atom is -0.496 e. The van der Waals surface area contributed by atoms with Crippen molar-refractivity contribution in [1.29, 1.82) is 0 Å². The summed E-state index contributed by atoms with van der Waals surface area (Å²) >= 11 is 0. The number of carbonyl (C=O) groups is 2. The first-order chi connectivity index (χ1) is 12.5. The van der Waals surface area contributed by atoms with Crippen molar-refractivity contribution in [3.05, 3.63) is 59.7 Å². The molecule has 5 nitrogen and oxygen atoms in total. The molecule has 0 aliphatic carbocycles. The number of methoxy groups -OCH3 is 2. The molecule has 0 amide bonds. The van der Waals surface area contributed by atoms with E-state index in [0.717, 1.165) is 0 Å². The van der Waals surface area contributed by atoms with Crippen LogP contribution in [0.2, 0.25) is 0 Å². The van der Waals surface area contributed by atoms with E-state index in [2.05, 4.69) is 0 Å². The molecule has 0 aromatic heterocycles. The minimum atomic E-state index is -1.08. The van der Waals surface area contributed by atoms with Gasteiger partial charge in [0, 0.05) is 0 Å². The zero-order valence-corrected chi connectivity index (χ0v) is 15.5.